The lowest BCUT2D eigenvalue weighted by molar-refractivity contribution is -0.147. The molecule has 2 fully saturated rings. The van der Waals surface area contributed by atoms with Gasteiger partial charge in [-0.1, -0.05) is 0 Å². The quantitative estimate of drug-likeness (QED) is 0.548. The minimum absolute atomic E-state index is 0.0115. The van der Waals surface area contributed by atoms with E-state index in [0.29, 0.717) is 0 Å². The first-order chi connectivity index (χ1) is 5.74. The summed E-state index contributed by atoms with van der Waals surface area (Å²) in [5, 5.41) is 0. The molecule has 2 N–H and O–H groups in total. The molecule has 2 bridgehead atoms. The molecule has 2 saturated heterocycles. The standard InChI is InChI=1S/C8H13NO3/c1-11-8(10)6-4-2-3-5(12-4)7(6)9/h4-7H,2-3,9H2,1H3/t4-,5+,6+,7-/m0/s1. The highest BCUT2D eigenvalue weighted by atomic mass is 16.5. The number of nitrogens with two attached hydrogens (primary N) is 1. The van der Waals surface area contributed by atoms with Gasteiger partial charge in [0.25, 0.3) is 0 Å². The predicted octanol–water partition coefficient (Wildman–Crippen LogP) is -0.336. The van der Waals surface area contributed by atoms with Gasteiger partial charge in [0.2, 0.25) is 0 Å². The van der Waals surface area contributed by atoms with Gasteiger partial charge in [0.05, 0.1) is 19.3 Å². The molecule has 4 nitrogen and oxygen atoms in total. The fourth-order valence-electron chi connectivity index (χ4n) is 2.16. The van der Waals surface area contributed by atoms with Crippen LogP contribution in [0.5, 0.6) is 0 Å². The van der Waals surface area contributed by atoms with Crippen molar-refractivity contribution in [1.82, 2.24) is 0 Å². The predicted molar refractivity (Wildman–Crippen MR) is 41.4 cm³/mol. The Kier molecular flexibility index (Phi) is 1.81. The number of hydrogen-bond acceptors (Lipinski definition) is 4. The summed E-state index contributed by atoms with van der Waals surface area (Å²) in [5.41, 5.74) is 5.81. The molecule has 2 heterocycles. The highest BCUT2D eigenvalue weighted by molar-refractivity contribution is 5.74. The monoisotopic (exact) mass is 171 g/mol. The summed E-state index contributed by atoms with van der Waals surface area (Å²) in [6, 6.07) is -0.156. The van der Waals surface area contributed by atoms with Crippen LogP contribution >= 0.6 is 0 Å². The molecular weight excluding hydrogens is 158 g/mol. The fourth-order valence-corrected chi connectivity index (χ4v) is 2.16. The normalized spacial score (nSPS) is 44.8. The summed E-state index contributed by atoms with van der Waals surface area (Å²) in [5.74, 6) is -0.455. The summed E-state index contributed by atoms with van der Waals surface area (Å²) in [4.78, 5) is 11.2. The summed E-state index contributed by atoms with van der Waals surface area (Å²) < 4.78 is 10.2. The Bertz CT molecular complexity index is 204. The van der Waals surface area contributed by atoms with E-state index in [9.17, 15) is 4.79 Å². The van der Waals surface area contributed by atoms with Crippen molar-refractivity contribution in [3.8, 4) is 0 Å². The molecule has 2 aliphatic rings. The number of carbonyl (C=O) groups excluding carboxylic acids is 1. The second-order valence-electron chi connectivity index (χ2n) is 3.42. The van der Waals surface area contributed by atoms with Gasteiger partial charge in [0, 0.05) is 6.04 Å². The third-order valence-electron chi connectivity index (χ3n) is 2.80. The lowest BCUT2D eigenvalue weighted by Crippen LogP contribution is -2.44. The van der Waals surface area contributed by atoms with Crippen LogP contribution in [0.3, 0.4) is 0 Å². The zero-order chi connectivity index (χ0) is 8.72. The van der Waals surface area contributed by atoms with Gasteiger partial charge >= 0.3 is 5.97 Å². The Hall–Kier alpha value is -0.610. The molecule has 4 atom stereocenters. The Morgan fingerprint density at radius 1 is 1.50 bits per heavy atom. The molecule has 0 amide bonds. The van der Waals surface area contributed by atoms with Gasteiger partial charge in [-0.25, -0.2) is 0 Å². The number of ether oxygens (including phenoxy) is 2. The molecule has 68 valence electrons. The Balaban J connectivity index is 2.12. The van der Waals surface area contributed by atoms with Crippen molar-refractivity contribution < 1.29 is 14.3 Å². The van der Waals surface area contributed by atoms with E-state index in [1.165, 1.54) is 7.11 Å². The Morgan fingerprint density at radius 2 is 2.17 bits per heavy atom. The average molecular weight is 171 g/mol. The third kappa shape index (κ3) is 0.949. The van der Waals surface area contributed by atoms with Gasteiger partial charge < -0.3 is 15.2 Å². The van der Waals surface area contributed by atoms with E-state index in [0.717, 1.165) is 12.8 Å². The molecule has 2 aliphatic heterocycles. The van der Waals surface area contributed by atoms with E-state index in [4.69, 9.17) is 10.5 Å². The second kappa shape index (κ2) is 2.71. The largest absolute Gasteiger partial charge is 0.469 e. The lowest BCUT2D eigenvalue weighted by Gasteiger charge is -2.21. The van der Waals surface area contributed by atoms with E-state index in [-0.39, 0.29) is 30.1 Å². The van der Waals surface area contributed by atoms with Crippen molar-refractivity contribution in [1.29, 1.82) is 0 Å². The van der Waals surface area contributed by atoms with E-state index in [1.807, 2.05) is 0 Å². The zero-order valence-electron chi connectivity index (χ0n) is 7.03. The molecule has 0 aromatic carbocycles. The van der Waals surface area contributed by atoms with Crippen molar-refractivity contribution in [3.05, 3.63) is 0 Å². The number of fused-ring (bicyclic) bond motifs is 2. The molecule has 0 unspecified atom stereocenters. The van der Waals surface area contributed by atoms with Crippen molar-refractivity contribution in [3.63, 3.8) is 0 Å². The van der Waals surface area contributed by atoms with E-state index >= 15 is 0 Å². The van der Waals surface area contributed by atoms with Gasteiger partial charge in [-0.2, -0.15) is 0 Å². The van der Waals surface area contributed by atoms with E-state index in [1.54, 1.807) is 0 Å². The van der Waals surface area contributed by atoms with Crippen molar-refractivity contribution in [2.45, 2.75) is 31.1 Å². The van der Waals surface area contributed by atoms with Crippen molar-refractivity contribution in [2.24, 2.45) is 11.7 Å². The van der Waals surface area contributed by atoms with Crippen molar-refractivity contribution >= 4 is 5.97 Å². The first-order valence-corrected chi connectivity index (χ1v) is 4.23. The van der Waals surface area contributed by atoms with E-state index < -0.39 is 0 Å². The molecule has 0 aliphatic carbocycles. The maximum atomic E-state index is 11.2. The second-order valence-corrected chi connectivity index (χ2v) is 3.42. The van der Waals surface area contributed by atoms with Crippen LogP contribution in [0.25, 0.3) is 0 Å². The number of carbonyl (C=O) groups is 1. The fraction of sp³-hybridized carbons (Fsp3) is 0.875. The summed E-state index contributed by atoms with van der Waals surface area (Å²) in [6.45, 7) is 0. The third-order valence-corrected chi connectivity index (χ3v) is 2.80. The van der Waals surface area contributed by atoms with Crippen molar-refractivity contribution in [2.75, 3.05) is 7.11 Å². The van der Waals surface area contributed by atoms with Gasteiger partial charge in [0.1, 0.15) is 5.92 Å². The molecule has 12 heavy (non-hydrogen) atoms. The maximum Gasteiger partial charge on any atom is 0.312 e. The average Bonchev–Trinajstić information content (AvgIpc) is 2.63. The number of rotatable bonds is 1. The van der Waals surface area contributed by atoms with Gasteiger partial charge in [-0.3, -0.25) is 4.79 Å². The molecule has 0 saturated carbocycles. The SMILES string of the molecule is COC(=O)[C@H]1[C@@H](N)[C@H]2CC[C@@H]1O2. The Morgan fingerprint density at radius 3 is 2.67 bits per heavy atom. The molecule has 4 heteroatoms. The smallest absolute Gasteiger partial charge is 0.312 e. The topological polar surface area (TPSA) is 61.5 Å². The van der Waals surface area contributed by atoms with Gasteiger partial charge in [0.15, 0.2) is 0 Å². The highest BCUT2D eigenvalue weighted by Gasteiger charge is 2.51. The molecule has 0 aromatic rings. The molecular formula is C8H13NO3. The van der Waals surface area contributed by atoms with Crippen LogP contribution < -0.4 is 5.73 Å². The summed E-state index contributed by atoms with van der Waals surface area (Å²) in [7, 11) is 1.39. The summed E-state index contributed by atoms with van der Waals surface area (Å²) >= 11 is 0. The molecule has 0 radical (unpaired) electrons. The van der Waals surface area contributed by atoms with Crippen LogP contribution in [-0.2, 0) is 14.3 Å². The first-order valence-electron chi connectivity index (χ1n) is 4.23. The number of methoxy groups -OCH3 is 1. The van der Waals surface area contributed by atoms with Crippen LogP contribution in [0.2, 0.25) is 0 Å². The summed E-state index contributed by atoms with van der Waals surface area (Å²) in [6.07, 6.45) is 2.02. The highest BCUT2D eigenvalue weighted by Crippen LogP contribution is 2.38. The molecule has 0 aromatic heterocycles. The van der Waals surface area contributed by atoms with Crippen LogP contribution in [0.1, 0.15) is 12.8 Å². The van der Waals surface area contributed by atoms with Crippen LogP contribution in [0.4, 0.5) is 0 Å². The number of esters is 1. The minimum atomic E-state index is -0.228. The lowest BCUT2D eigenvalue weighted by atomic mass is 9.85. The number of hydrogen-bond donors (Lipinski definition) is 1. The molecule has 2 rings (SSSR count). The van der Waals surface area contributed by atoms with Crippen LogP contribution in [0.15, 0.2) is 0 Å². The zero-order valence-corrected chi connectivity index (χ0v) is 7.03. The first kappa shape index (κ1) is 8.01. The van der Waals surface area contributed by atoms with E-state index in [2.05, 4.69) is 4.74 Å². The Labute approximate surface area is 71.0 Å². The van der Waals surface area contributed by atoms with Gasteiger partial charge in [-0.15, -0.1) is 0 Å². The minimum Gasteiger partial charge on any atom is -0.469 e. The van der Waals surface area contributed by atoms with Crippen LogP contribution in [-0.4, -0.2) is 31.3 Å². The molecule has 0 spiro atoms. The van der Waals surface area contributed by atoms with Crippen LogP contribution in [0, 0.1) is 5.92 Å². The van der Waals surface area contributed by atoms with Gasteiger partial charge in [-0.05, 0) is 12.8 Å². The maximum absolute atomic E-state index is 11.2.